The van der Waals surface area contributed by atoms with Crippen LogP contribution in [-0.2, 0) is 10.2 Å². The molecule has 0 fully saturated rings. The normalized spacial score (nSPS) is 11.4. The lowest BCUT2D eigenvalue weighted by atomic mass is 9.86. The zero-order chi connectivity index (χ0) is 22.7. The number of hydrogen-bond donors (Lipinski definition) is 2. The van der Waals surface area contributed by atoms with Gasteiger partial charge in [0, 0.05) is 11.8 Å². The molecule has 0 aliphatic rings. The number of imidazole rings is 1. The van der Waals surface area contributed by atoms with E-state index in [9.17, 15) is 4.79 Å². The molecule has 0 aliphatic heterocycles. The van der Waals surface area contributed by atoms with Gasteiger partial charge in [-0.1, -0.05) is 39.0 Å². The number of anilines is 2. The zero-order valence-corrected chi connectivity index (χ0v) is 18.6. The summed E-state index contributed by atoms with van der Waals surface area (Å²) >= 11 is 0. The van der Waals surface area contributed by atoms with Crippen LogP contribution in [-0.4, -0.2) is 27.5 Å². The first-order valence-electron chi connectivity index (χ1n) is 10.5. The maximum absolute atomic E-state index is 12.0. The van der Waals surface area contributed by atoms with Crippen LogP contribution in [0.1, 0.15) is 43.6 Å². The molecule has 7 nitrogen and oxygen atoms in total. The van der Waals surface area contributed by atoms with E-state index < -0.39 is 0 Å². The molecule has 4 rings (SSSR count). The molecule has 0 bridgehead atoms. The van der Waals surface area contributed by atoms with Gasteiger partial charge >= 0.3 is 5.97 Å². The van der Waals surface area contributed by atoms with Gasteiger partial charge in [0.1, 0.15) is 11.4 Å². The fourth-order valence-corrected chi connectivity index (χ4v) is 3.38. The Bertz CT molecular complexity index is 1260. The van der Waals surface area contributed by atoms with E-state index in [1.54, 1.807) is 31.3 Å². The van der Waals surface area contributed by atoms with E-state index >= 15 is 0 Å². The topological polar surface area (TPSA) is 89.1 Å². The number of fused-ring (bicyclic) bond motifs is 1. The molecule has 2 N–H and O–H groups in total. The lowest BCUT2D eigenvalue weighted by molar-refractivity contribution is 0.0526. The third-order valence-corrected chi connectivity index (χ3v) is 4.92. The fraction of sp³-hybridized carbons (Fsp3) is 0.240. The van der Waals surface area contributed by atoms with Crippen LogP contribution < -0.4 is 10.1 Å². The summed E-state index contributed by atoms with van der Waals surface area (Å²) in [6, 6.07) is 16.9. The first-order valence-corrected chi connectivity index (χ1v) is 10.5. The second-order valence-corrected chi connectivity index (χ2v) is 8.37. The number of para-hydroxylation sites is 1. The third kappa shape index (κ3) is 4.56. The van der Waals surface area contributed by atoms with Gasteiger partial charge < -0.3 is 19.8 Å². The summed E-state index contributed by atoms with van der Waals surface area (Å²) < 4.78 is 11.3. The maximum Gasteiger partial charge on any atom is 0.338 e. The number of nitrogens with one attached hydrogen (secondary N) is 2. The van der Waals surface area contributed by atoms with E-state index in [1.807, 2.05) is 30.3 Å². The largest absolute Gasteiger partial charge is 0.462 e. The minimum Gasteiger partial charge on any atom is -0.462 e. The first kappa shape index (κ1) is 21.4. The van der Waals surface area contributed by atoms with E-state index in [0.29, 0.717) is 29.7 Å². The van der Waals surface area contributed by atoms with Crippen LogP contribution in [0.4, 0.5) is 11.6 Å². The molecule has 7 heteroatoms. The summed E-state index contributed by atoms with van der Waals surface area (Å²) in [6.45, 7) is 8.54. The highest BCUT2D eigenvalue weighted by Gasteiger charge is 2.20. The van der Waals surface area contributed by atoms with Crippen molar-refractivity contribution >= 4 is 28.6 Å². The Labute approximate surface area is 186 Å². The summed E-state index contributed by atoms with van der Waals surface area (Å²) in [7, 11) is 0. The molecule has 0 saturated heterocycles. The van der Waals surface area contributed by atoms with Crippen LogP contribution in [0, 0.1) is 0 Å². The Morgan fingerprint density at radius 1 is 1.09 bits per heavy atom. The van der Waals surface area contributed by atoms with Crippen LogP contribution in [0.3, 0.4) is 0 Å². The monoisotopic (exact) mass is 430 g/mol. The molecule has 4 aromatic rings. The second kappa shape index (κ2) is 8.70. The molecule has 0 saturated carbocycles. The molecular weight excluding hydrogens is 404 g/mol. The van der Waals surface area contributed by atoms with Crippen molar-refractivity contribution in [3.8, 4) is 11.6 Å². The molecular formula is C25H26N4O3. The van der Waals surface area contributed by atoms with Gasteiger partial charge in [-0.25, -0.2) is 14.8 Å². The van der Waals surface area contributed by atoms with Crippen LogP contribution in [0.5, 0.6) is 11.6 Å². The Balaban J connectivity index is 1.62. The van der Waals surface area contributed by atoms with Crippen molar-refractivity contribution in [1.29, 1.82) is 0 Å². The van der Waals surface area contributed by atoms with Crippen molar-refractivity contribution in [3.63, 3.8) is 0 Å². The Hall–Kier alpha value is -3.87. The summed E-state index contributed by atoms with van der Waals surface area (Å²) in [6.07, 6.45) is 1.68. The smallest absolute Gasteiger partial charge is 0.338 e. The number of carbonyl (C=O) groups excluding carboxylic acids is 1. The van der Waals surface area contributed by atoms with Crippen LogP contribution in [0.15, 0.2) is 60.8 Å². The van der Waals surface area contributed by atoms with Crippen molar-refractivity contribution in [1.82, 2.24) is 15.0 Å². The van der Waals surface area contributed by atoms with Gasteiger partial charge in [-0.05, 0) is 48.7 Å². The van der Waals surface area contributed by atoms with Gasteiger partial charge in [0.05, 0.1) is 23.2 Å². The minimum absolute atomic E-state index is 0.0751. The summed E-state index contributed by atoms with van der Waals surface area (Å²) in [5.74, 6) is 1.35. The SMILES string of the molecule is CCOC(=O)c1ccc2nc(Nc3cccnc3Oc3ccccc3C(C)(C)C)[nH]c2c1. The molecule has 0 amide bonds. The van der Waals surface area contributed by atoms with Crippen molar-refractivity contribution in [2.24, 2.45) is 0 Å². The van der Waals surface area contributed by atoms with E-state index in [0.717, 1.165) is 22.3 Å². The Morgan fingerprint density at radius 2 is 1.91 bits per heavy atom. The molecule has 164 valence electrons. The molecule has 0 unspecified atom stereocenters. The maximum atomic E-state index is 12.0. The predicted molar refractivity (Wildman–Crippen MR) is 125 cm³/mol. The number of nitrogens with zero attached hydrogens (tertiary/aromatic N) is 2. The molecule has 2 heterocycles. The zero-order valence-electron chi connectivity index (χ0n) is 18.6. The van der Waals surface area contributed by atoms with Crippen molar-refractivity contribution < 1.29 is 14.3 Å². The third-order valence-electron chi connectivity index (χ3n) is 4.92. The summed E-state index contributed by atoms with van der Waals surface area (Å²) in [4.78, 5) is 24.2. The van der Waals surface area contributed by atoms with Gasteiger partial charge in [-0.3, -0.25) is 0 Å². The standard InChI is InChI=1S/C25H26N4O3/c1-5-31-23(30)16-12-13-18-20(15-16)29-24(27-18)28-19-10-8-14-26-22(19)32-21-11-7-6-9-17(21)25(2,3)4/h6-15H,5H2,1-4H3,(H2,27,28,29). The highest BCUT2D eigenvalue weighted by Crippen LogP contribution is 2.36. The number of benzene rings is 2. The molecule has 0 spiro atoms. The highest BCUT2D eigenvalue weighted by molar-refractivity contribution is 5.94. The average Bonchev–Trinajstić information content (AvgIpc) is 3.16. The lowest BCUT2D eigenvalue weighted by Crippen LogP contribution is -2.12. The lowest BCUT2D eigenvalue weighted by Gasteiger charge is -2.22. The van der Waals surface area contributed by atoms with Crippen molar-refractivity contribution in [2.75, 3.05) is 11.9 Å². The quantitative estimate of drug-likeness (QED) is 0.367. The fourth-order valence-electron chi connectivity index (χ4n) is 3.38. The molecule has 0 radical (unpaired) electrons. The summed E-state index contributed by atoms with van der Waals surface area (Å²) in [5, 5.41) is 3.24. The van der Waals surface area contributed by atoms with Crippen LogP contribution in [0.2, 0.25) is 0 Å². The second-order valence-electron chi connectivity index (χ2n) is 8.37. The van der Waals surface area contributed by atoms with E-state index in [4.69, 9.17) is 9.47 Å². The van der Waals surface area contributed by atoms with Gasteiger partial charge in [0.15, 0.2) is 0 Å². The molecule has 2 aromatic heterocycles. The molecule has 0 atom stereocenters. The first-order chi connectivity index (χ1) is 15.3. The van der Waals surface area contributed by atoms with E-state index in [1.165, 1.54) is 0 Å². The number of rotatable bonds is 6. The summed E-state index contributed by atoms with van der Waals surface area (Å²) in [5.41, 5.74) is 3.60. The van der Waals surface area contributed by atoms with Gasteiger partial charge in [0.25, 0.3) is 0 Å². The van der Waals surface area contributed by atoms with Gasteiger partial charge in [-0.2, -0.15) is 0 Å². The number of aromatic amines is 1. The number of ether oxygens (including phenoxy) is 2. The predicted octanol–water partition coefficient (Wildman–Crippen LogP) is 5.97. The van der Waals surface area contributed by atoms with Gasteiger partial charge in [-0.15, -0.1) is 0 Å². The highest BCUT2D eigenvalue weighted by atomic mass is 16.5. The van der Waals surface area contributed by atoms with E-state index in [-0.39, 0.29) is 11.4 Å². The van der Waals surface area contributed by atoms with Crippen LogP contribution in [0.25, 0.3) is 11.0 Å². The number of pyridine rings is 1. The molecule has 0 aliphatic carbocycles. The number of aromatic nitrogens is 3. The van der Waals surface area contributed by atoms with Gasteiger partial charge in [0.2, 0.25) is 11.8 Å². The number of esters is 1. The van der Waals surface area contributed by atoms with Crippen LogP contribution >= 0.6 is 0 Å². The Morgan fingerprint density at radius 3 is 2.69 bits per heavy atom. The molecule has 2 aromatic carbocycles. The van der Waals surface area contributed by atoms with Crippen molar-refractivity contribution in [3.05, 3.63) is 71.9 Å². The minimum atomic E-state index is -0.362. The average molecular weight is 431 g/mol. The van der Waals surface area contributed by atoms with Crippen molar-refractivity contribution in [2.45, 2.75) is 33.1 Å². The number of hydrogen-bond acceptors (Lipinski definition) is 6. The number of H-pyrrole nitrogens is 1. The van der Waals surface area contributed by atoms with E-state index in [2.05, 4.69) is 47.1 Å². The number of carbonyl (C=O) groups is 1. The molecule has 32 heavy (non-hydrogen) atoms. The Kier molecular flexibility index (Phi) is 5.81.